The van der Waals surface area contributed by atoms with Crippen molar-refractivity contribution in [2.45, 2.75) is 56.8 Å². The smallest absolute Gasteiger partial charge is 0.332 e. The average molecular weight is 241 g/mol. The molecule has 17 heavy (non-hydrogen) atoms. The SMILES string of the molecule is CN(C(=O)[C@@H]1CC[C@H](C(=O)O)O1)C1CCCC1. The van der Waals surface area contributed by atoms with Crippen molar-refractivity contribution < 1.29 is 19.4 Å². The molecule has 1 aliphatic carbocycles. The van der Waals surface area contributed by atoms with Crippen molar-refractivity contribution in [1.29, 1.82) is 0 Å². The fourth-order valence-corrected chi connectivity index (χ4v) is 2.70. The summed E-state index contributed by atoms with van der Waals surface area (Å²) in [6, 6.07) is 0.315. The molecule has 1 aliphatic heterocycles. The van der Waals surface area contributed by atoms with Crippen molar-refractivity contribution in [3.8, 4) is 0 Å². The molecule has 1 N–H and O–H groups in total. The maximum atomic E-state index is 12.1. The molecule has 0 radical (unpaired) electrons. The Morgan fingerprint density at radius 2 is 1.71 bits per heavy atom. The predicted molar refractivity (Wildman–Crippen MR) is 60.6 cm³/mol. The fourth-order valence-electron chi connectivity index (χ4n) is 2.70. The first-order valence-electron chi connectivity index (χ1n) is 6.24. The largest absolute Gasteiger partial charge is 0.479 e. The lowest BCUT2D eigenvalue weighted by atomic mass is 10.1. The maximum absolute atomic E-state index is 12.1. The van der Waals surface area contributed by atoms with Crippen LogP contribution >= 0.6 is 0 Å². The zero-order valence-electron chi connectivity index (χ0n) is 10.1. The van der Waals surface area contributed by atoms with Gasteiger partial charge in [-0.1, -0.05) is 12.8 Å². The molecule has 2 rings (SSSR count). The fraction of sp³-hybridized carbons (Fsp3) is 0.833. The van der Waals surface area contributed by atoms with Crippen LogP contribution in [-0.2, 0) is 14.3 Å². The average Bonchev–Trinajstić information content (AvgIpc) is 2.97. The molecule has 0 aromatic carbocycles. The third-order valence-corrected chi connectivity index (χ3v) is 3.79. The number of carbonyl (C=O) groups excluding carboxylic acids is 1. The molecule has 0 bridgehead atoms. The number of rotatable bonds is 3. The van der Waals surface area contributed by atoms with E-state index in [4.69, 9.17) is 9.84 Å². The lowest BCUT2D eigenvalue weighted by Gasteiger charge is -2.26. The molecule has 1 heterocycles. The summed E-state index contributed by atoms with van der Waals surface area (Å²) in [5.41, 5.74) is 0. The van der Waals surface area contributed by atoms with Crippen LogP contribution < -0.4 is 0 Å². The minimum Gasteiger partial charge on any atom is -0.479 e. The molecule has 1 amide bonds. The van der Waals surface area contributed by atoms with Gasteiger partial charge >= 0.3 is 5.97 Å². The highest BCUT2D eigenvalue weighted by molar-refractivity contribution is 5.82. The Kier molecular flexibility index (Phi) is 3.66. The Balaban J connectivity index is 1.89. The molecule has 5 heteroatoms. The van der Waals surface area contributed by atoms with Gasteiger partial charge in [0, 0.05) is 13.1 Å². The van der Waals surface area contributed by atoms with Gasteiger partial charge in [0.05, 0.1) is 0 Å². The van der Waals surface area contributed by atoms with Gasteiger partial charge in [0.2, 0.25) is 0 Å². The summed E-state index contributed by atoms with van der Waals surface area (Å²) in [4.78, 5) is 24.6. The zero-order valence-corrected chi connectivity index (χ0v) is 10.1. The van der Waals surface area contributed by atoms with E-state index in [2.05, 4.69) is 0 Å². The second kappa shape index (κ2) is 5.04. The summed E-state index contributed by atoms with van der Waals surface area (Å²) in [5.74, 6) is -1.02. The molecule has 96 valence electrons. The molecule has 0 spiro atoms. The van der Waals surface area contributed by atoms with Gasteiger partial charge in [-0.15, -0.1) is 0 Å². The lowest BCUT2D eigenvalue weighted by molar-refractivity contribution is -0.155. The van der Waals surface area contributed by atoms with E-state index in [1.165, 1.54) is 12.8 Å². The van der Waals surface area contributed by atoms with Crippen LogP contribution in [0.25, 0.3) is 0 Å². The Morgan fingerprint density at radius 3 is 2.24 bits per heavy atom. The minimum atomic E-state index is -0.969. The molecular formula is C12H19NO4. The van der Waals surface area contributed by atoms with Crippen molar-refractivity contribution in [3.05, 3.63) is 0 Å². The highest BCUT2D eigenvalue weighted by Crippen LogP contribution is 2.26. The lowest BCUT2D eigenvalue weighted by Crippen LogP contribution is -2.42. The summed E-state index contributed by atoms with van der Waals surface area (Å²) < 4.78 is 5.27. The monoisotopic (exact) mass is 241 g/mol. The molecule has 2 fully saturated rings. The molecule has 5 nitrogen and oxygen atoms in total. The number of carboxylic acids is 1. The first-order valence-corrected chi connectivity index (χ1v) is 6.24. The molecular weight excluding hydrogens is 222 g/mol. The Hall–Kier alpha value is -1.10. The van der Waals surface area contributed by atoms with E-state index in [9.17, 15) is 9.59 Å². The van der Waals surface area contributed by atoms with Gasteiger partial charge in [0.25, 0.3) is 5.91 Å². The summed E-state index contributed by atoms with van der Waals surface area (Å²) in [5, 5.41) is 8.81. The van der Waals surface area contributed by atoms with Crippen molar-refractivity contribution in [2.24, 2.45) is 0 Å². The van der Waals surface area contributed by atoms with Gasteiger partial charge in [-0.25, -0.2) is 4.79 Å². The van der Waals surface area contributed by atoms with Gasteiger partial charge in [-0.3, -0.25) is 4.79 Å². The molecule has 2 atom stereocenters. The highest BCUT2D eigenvalue weighted by Gasteiger charge is 2.37. The number of likely N-dealkylation sites (N-methyl/N-ethyl adjacent to an activating group) is 1. The summed E-state index contributed by atoms with van der Waals surface area (Å²) in [7, 11) is 1.80. The molecule has 2 aliphatic rings. The topological polar surface area (TPSA) is 66.8 Å². The molecule has 0 aromatic heterocycles. The summed E-state index contributed by atoms with van der Waals surface area (Å²) >= 11 is 0. The predicted octanol–water partition coefficient (Wildman–Crippen LogP) is 1.02. The number of amides is 1. The summed E-state index contributed by atoms with van der Waals surface area (Å²) in [6.07, 6.45) is 4.05. The van der Waals surface area contributed by atoms with Gasteiger partial charge in [-0.05, 0) is 25.7 Å². The van der Waals surface area contributed by atoms with Gasteiger partial charge in [0.1, 0.15) is 6.10 Å². The second-order valence-electron chi connectivity index (χ2n) is 4.92. The number of aliphatic carboxylic acids is 1. The number of ether oxygens (including phenoxy) is 1. The van der Waals surface area contributed by atoms with Crippen molar-refractivity contribution in [1.82, 2.24) is 4.90 Å². The van der Waals surface area contributed by atoms with Crippen LogP contribution in [0.3, 0.4) is 0 Å². The van der Waals surface area contributed by atoms with Gasteiger partial charge in [-0.2, -0.15) is 0 Å². The number of carbonyl (C=O) groups is 2. The maximum Gasteiger partial charge on any atom is 0.332 e. The van der Waals surface area contributed by atoms with E-state index in [1.807, 2.05) is 0 Å². The highest BCUT2D eigenvalue weighted by atomic mass is 16.5. The van der Waals surface area contributed by atoms with Gasteiger partial charge in [0.15, 0.2) is 6.10 Å². The number of nitrogens with zero attached hydrogens (tertiary/aromatic N) is 1. The normalized spacial score (nSPS) is 29.5. The third kappa shape index (κ3) is 2.60. The first kappa shape index (κ1) is 12.4. The summed E-state index contributed by atoms with van der Waals surface area (Å²) in [6.45, 7) is 0. The van der Waals surface area contributed by atoms with Crippen LogP contribution in [0.15, 0.2) is 0 Å². The van der Waals surface area contributed by atoms with Crippen molar-refractivity contribution in [2.75, 3.05) is 7.05 Å². The minimum absolute atomic E-state index is 0.0550. The zero-order chi connectivity index (χ0) is 12.4. The Morgan fingerprint density at radius 1 is 1.12 bits per heavy atom. The van der Waals surface area contributed by atoms with Crippen LogP contribution in [-0.4, -0.2) is 47.2 Å². The molecule has 1 saturated carbocycles. The number of carboxylic acid groups (broad SMARTS) is 1. The number of hydrogen-bond acceptors (Lipinski definition) is 3. The van der Waals surface area contributed by atoms with Crippen LogP contribution in [0.1, 0.15) is 38.5 Å². The van der Waals surface area contributed by atoms with Crippen molar-refractivity contribution in [3.63, 3.8) is 0 Å². The van der Waals surface area contributed by atoms with E-state index < -0.39 is 18.2 Å². The van der Waals surface area contributed by atoms with E-state index in [1.54, 1.807) is 11.9 Å². The van der Waals surface area contributed by atoms with E-state index >= 15 is 0 Å². The van der Waals surface area contributed by atoms with Gasteiger partial charge < -0.3 is 14.7 Å². The quantitative estimate of drug-likeness (QED) is 0.801. The van der Waals surface area contributed by atoms with E-state index in [0.29, 0.717) is 18.9 Å². The van der Waals surface area contributed by atoms with E-state index in [-0.39, 0.29) is 5.91 Å². The van der Waals surface area contributed by atoms with E-state index in [0.717, 1.165) is 12.8 Å². The van der Waals surface area contributed by atoms with Crippen molar-refractivity contribution >= 4 is 11.9 Å². The standard InChI is InChI=1S/C12H19NO4/c1-13(8-4-2-3-5-8)11(14)9-6-7-10(17-9)12(15)16/h8-10H,2-7H2,1H3,(H,15,16)/t9-,10+/m0/s1. The van der Waals surface area contributed by atoms with Crippen LogP contribution in [0.2, 0.25) is 0 Å². The van der Waals surface area contributed by atoms with Crippen LogP contribution in [0.4, 0.5) is 0 Å². The molecule has 0 unspecified atom stereocenters. The molecule has 1 saturated heterocycles. The number of hydrogen-bond donors (Lipinski definition) is 1. The Labute approximate surface area is 101 Å². The Bertz CT molecular complexity index is 312. The van der Waals surface area contributed by atoms with Crippen LogP contribution in [0, 0.1) is 0 Å². The third-order valence-electron chi connectivity index (χ3n) is 3.79. The second-order valence-corrected chi connectivity index (χ2v) is 4.92. The molecule has 0 aromatic rings. The van der Waals surface area contributed by atoms with Crippen LogP contribution in [0.5, 0.6) is 0 Å². The first-order chi connectivity index (χ1) is 8.09.